The van der Waals surface area contributed by atoms with Crippen LogP contribution in [-0.2, 0) is 9.53 Å². The van der Waals surface area contributed by atoms with Crippen molar-refractivity contribution >= 4 is 11.6 Å². The van der Waals surface area contributed by atoms with Crippen LogP contribution in [0.4, 0.5) is 58.4 Å². The fraction of sp³-hybridized carbons (Fsp3) is 0.417. The van der Waals surface area contributed by atoms with Crippen molar-refractivity contribution in [1.82, 2.24) is 0 Å². The molecule has 0 bridgehead atoms. The van der Waals surface area contributed by atoms with Gasteiger partial charge in [-0.1, -0.05) is 12.1 Å². The van der Waals surface area contributed by atoms with Crippen molar-refractivity contribution in [2.24, 2.45) is 0 Å². The topological polar surface area (TPSA) is 38.3 Å². The zero-order chi connectivity index (χ0) is 21.5. The van der Waals surface area contributed by atoms with Gasteiger partial charge in [0, 0.05) is 0 Å². The Labute approximate surface area is 140 Å². The van der Waals surface area contributed by atoms with E-state index >= 15 is 0 Å². The summed E-state index contributed by atoms with van der Waals surface area (Å²) in [5.41, 5.74) is -1.23. The van der Waals surface area contributed by atoms with Gasteiger partial charge in [-0.15, -0.1) is 0 Å². The van der Waals surface area contributed by atoms with Gasteiger partial charge in [0.1, 0.15) is 5.82 Å². The summed E-state index contributed by atoms with van der Waals surface area (Å²) in [6.07, 6.45) is -21.2. The van der Waals surface area contributed by atoms with Crippen molar-refractivity contribution in [1.29, 1.82) is 0 Å². The number of hydrogen-bond acceptors (Lipinski definition) is 2. The highest BCUT2D eigenvalue weighted by atomic mass is 19.4. The van der Waals surface area contributed by atoms with Crippen LogP contribution in [0.2, 0.25) is 0 Å². The van der Waals surface area contributed by atoms with Crippen LogP contribution in [0.15, 0.2) is 24.3 Å². The molecule has 0 spiro atoms. The highest BCUT2D eigenvalue weighted by molar-refractivity contribution is 5.97. The number of benzene rings is 1. The van der Waals surface area contributed by atoms with Crippen LogP contribution in [0.3, 0.4) is 0 Å². The first-order valence-electron chi connectivity index (χ1n) is 6.21. The number of hydrogen-bond donors (Lipinski definition) is 1. The van der Waals surface area contributed by atoms with Crippen molar-refractivity contribution in [2.45, 2.75) is 30.2 Å². The molecular formula is C12H5F12NO2. The molecule has 0 aliphatic rings. The van der Waals surface area contributed by atoms with E-state index in [-0.39, 0.29) is 0 Å². The molecular weight excluding hydrogens is 418 g/mol. The maximum Gasteiger partial charge on any atom is 0.462 e. The molecule has 0 aromatic heterocycles. The van der Waals surface area contributed by atoms with Crippen LogP contribution in [0.25, 0.3) is 0 Å². The molecule has 1 amide bonds. The molecule has 15 heteroatoms. The molecule has 0 saturated carbocycles. The fourth-order valence-corrected chi connectivity index (χ4v) is 1.40. The molecule has 27 heavy (non-hydrogen) atoms. The summed E-state index contributed by atoms with van der Waals surface area (Å²) in [5.74, 6) is -18.5. The molecule has 1 aromatic rings. The molecule has 0 aliphatic heterocycles. The first kappa shape index (κ1) is 22.9. The standard InChI is InChI=1S/C12H5F12NO2/c13-5-3-1-2-4-6(5)25-7(26)8(14,10(17,18)19)27-12(23,24)9(15,16)11(20,21)22/h1-4H,(H,25,26). The van der Waals surface area contributed by atoms with Gasteiger partial charge in [0.2, 0.25) is 0 Å². The normalized spacial score (nSPS) is 16.0. The molecule has 0 fully saturated rings. The molecule has 1 atom stereocenters. The Morgan fingerprint density at radius 1 is 0.815 bits per heavy atom. The van der Waals surface area contributed by atoms with E-state index in [1.54, 1.807) is 0 Å². The number of alkyl halides is 11. The predicted octanol–water partition coefficient (Wildman–Crippen LogP) is 4.80. The molecule has 3 nitrogen and oxygen atoms in total. The van der Waals surface area contributed by atoms with E-state index in [9.17, 15) is 57.5 Å². The van der Waals surface area contributed by atoms with E-state index in [0.29, 0.717) is 12.1 Å². The highest BCUT2D eigenvalue weighted by Crippen LogP contribution is 2.51. The third-order valence-electron chi connectivity index (χ3n) is 2.77. The van der Waals surface area contributed by atoms with Crippen molar-refractivity contribution in [3.8, 4) is 0 Å². The third-order valence-corrected chi connectivity index (χ3v) is 2.77. The molecule has 154 valence electrons. The van der Waals surface area contributed by atoms with Crippen molar-refractivity contribution in [2.75, 3.05) is 5.32 Å². The second-order valence-electron chi connectivity index (χ2n) is 4.72. The maximum absolute atomic E-state index is 13.9. The number of halogens is 12. The lowest BCUT2D eigenvalue weighted by Crippen LogP contribution is -2.62. The fourth-order valence-electron chi connectivity index (χ4n) is 1.40. The van der Waals surface area contributed by atoms with Gasteiger partial charge in [0.15, 0.2) is 0 Å². The minimum absolute atomic E-state index is 0.506. The van der Waals surface area contributed by atoms with Crippen molar-refractivity contribution < 1.29 is 62.2 Å². The number of amides is 1. The Bertz CT molecular complexity index is 698. The molecule has 1 unspecified atom stereocenters. The average Bonchev–Trinajstić information content (AvgIpc) is 2.46. The molecule has 1 rings (SSSR count). The average molecular weight is 423 g/mol. The number of nitrogens with one attached hydrogen (secondary N) is 1. The van der Waals surface area contributed by atoms with Crippen LogP contribution < -0.4 is 5.32 Å². The van der Waals surface area contributed by atoms with Crippen molar-refractivity contribution in [3.05, 3.63) is 30.1 Å². The zero-order valence-corrected chi connectivity index (χ0v) is 12.2. The van der Waals surface area contributed by atoms with Gasteiger partial charge in [-0.25, -0.2) is 4.39 Å². The maximum atomic E-state index is 13.9. The number of rotatable bonds is 5. The van der Waals surface area contributed by atoms with Crippen LogP contribution in [0, 0.1) is 5.82 Å². The van der Waals surface area contributed by atoms with Gasteiger partial charge in [-0.3, -0.25) is 9.53 Å². The van der Waals surface area contributed by atoms with Crippen LogP contribution in [0.1, 0.15) is 0 Å². The van der Waals surface area contributed by atoms with Crippen LogP contribution >= 0.6 is 0 Å². The van der Waals surface area contributed by atoms with E-state index in [2.05, 4.69) is 0 Å². The minimum Gasteiger partial charge on any atom is -0.318 e. The predicted molar refractivity (Wildman–Crippen MR) is 62.0 cm³/mol. The van der Waals surface area contributed by atoms with Gasteiger partial charge in [-0.2, -0.15) is 48.3 Å². The minimum atomic E-state index is -7.30. The molecule has 0 aliphatic carbocycles. The third kappa shape index (κ3) is 4.22. The first-order chi connectivity index (χ1) is 11.9. The summed E-state index contributed by atoms with van der Waals surface area (Å²) in [6, 6.07) is 2.83. The lowest BCUT2D eigenvalue weighted by Gasteiger charge is -2.34. The number of anilines is 1. The monoisotopic (exact) mass is 423 g/mol. The van der Waals surface area contributed by atoms with Gasteiger partial charge in [0.05, 0.1) is 5.69 Å². The van der Waals surface area contributed by atoms with Gasteiger partial charge >= 0.3 is 30.2 Å². The van der Waals surface area contributed by atoms with Gasteiger partial charge in [0.25, 0.3) is 5.91 Å². The van der Waals surface area contributed by atoms with Crippen molar-refractivity contribution in [3.63, 3.8) is 0 Å². The number of ether oxygens (including phenoxy) is 1. The Balaban J connectivity index is 3.32. The second-order valence-corrected chi connectivity index (χ2v) is 4.72. The lowest BCUT2D eigenvalue weighted by atomic mass is 10.2. The summed E-state index contributed by atoms with van der Waals surface area (Å²) < 4.78 is 154. The van der Waals surface area contributed by atoms with E-state index in [1.807, 2.05) is 4.74 Å². The highest BCUT2D eigenvalue weighted by Gasteiger charge is 2.79. The summed E-state index contributed by atoms with van der Waals surface area (Å²) in [4.78, 5) is 11.3. The molecule has 0 radical (unpaired) electrons. The van der Waals surface area contributed by atoms with Gasteiger partial charge in [-0.05, 0) is 12.1 Å². The Hall–Kier alpha value is -2.19. The molecule has 1 aromatic carbocycles. The summed E-state index contributed by atoms with van der Waals surface area (Å²) in [6.45, 7) is 0. The summed E-state index contributed by atoms with van der Waals surface area (Å²) in [7, 11) is 0. The number of para-hydroxylation sites is 1. The Kier molecular flexibility index (Phi) is 5.72. The van der Waals surface area contributed by atoms with Gasteiger partial charge < -0.3 is 5.32 Å². The zero-order valence-electron chi connectivity index (χ0n) is 12.2. The van der Waals surface area contributed by atoms with Crippen LogP contribution in [0.5, 0.6) is 0 Å². The van der Waals surface area contributed by atoms with E-state index in [1.165, 1.54) is 0 Å². The van der Waals surface area contributed by atoms with E-state index in [4.69, 9.17) is 0 Å². The Morgan fingerprint density at radius 3 is 1.70 bits per heavy atom. The molecule has 0 saturated heterocycles. The second kappa shape index (κ2) is 6.76. The first-order valence-corrected chi connectivity index (χ1v) is 6.21. The summed E-state index contributed by atoms with van der Waals surface area (Å²) in [5, 5.41) is 0.777. The molecule has 0 heterocycles. The van der Waals surface area contributed by atoms with E-state index < -0.39 is 47.7 Å². The summed E-state index contributed by atoms with van der Waals surface area (Å²) >= 11 is 0. The Morgan fingerprint density at radius 2 is 1.30 bits per heavy atom. The number of carbonyl (C=O) groups is 1. The number of carbonyl (C=O) groups excluding carboxylic acids is 1. The van der Waals surface area contributed by atoms with Crippen LogP contribution in [-0.4, -0.2) is 36.1 Å². The lowest BCUT2D eigenvalue weighted by molar-refractivity contribution is -0.472. The molecule has 1 N–H and O–H groups in total. The largest absolute Gasteiger partial charge is 0.462 e. The quantitative estimate of drug-likeness (QED) is 0.692. The SMILES string of the molecule is O=C(Nc1ccccc1F)C(F)(OC(F)(F)C(F)(F)C(F)(F)F)C(F)(F)F. The van der Waals surface area contributed by atoms with E-state index in [0.717, 1.165) is 17.4 Å². The smallest absolute Gasteiger partial charge is 0.318 e.